The van der Waals surface area contributed by atoms with Gasteiger partial charge in [0.1, 0.15) is 5.82 Å². The van der Waals surface area contributed by atoms with Gasteiger partial charge >= 0.3 is 0 Å². The molecule has 1 aromatic carbocycles. The fourth-order valence-corrected chi connectivity index (χ4v) is 2.28. The van der Waals surface area contributed by atoms with Crippen LogP contribution in [0.4, 0.5) is 11.8 Å². The Bertz CT molecular complexity index is 611. The summed E-state index contributed by atoms with van der Waals surface area (Å²) >= 11 is 0. The summed E-state index contributed by atoms with van der Waals surface area (Å²) in [4.78, 5) is 8.70. The average Bonchev–Trinajstić information content (AvgIpc) is 2.86. The molecule has 20 heavy (non-hydrogen) atoms. The predicted octanol–water partition coefficient (Wildman–Crippen LogP) is 1.78. The van der Waals surface area contributed by atoms with Crippen molar-refractivity contribution in [1.82, 2.24) is 9.97 Å². The van der Waals surface area contributed by atoms with Crippen molar-refractivity contribution in [1.29, 1.82) is 0 Å². The maximum atomic E-state index is 5.94. The highest BCUT2D eigenvalue weighted by atomic mass is 16.7. The van der Waals surface area contributed by atoms with Crippen LogP contribution in [0.25, 0.3) is 10.9 Å². The van der Waals surface area contributed by atoms with Gasteiger partial charge in [0.2, 0.25) is 5.95 Å². The van der Waals surface area contributed by atoms with Gasteiger partial charge in [-0.05, 0) is 19.1 Å². The smallest absolute Gasteiger partial charge is 0.225 e. The number of fused-ring (bicyclic) bond motifs is 1. The minimum absolute atomic E-state index is 0.484. The summed E-state index contributed by atoms with van der Waals surface area (Å²) in [6, 6.07) is 7.68. The number of para-hydroxylation sites is 1. The summed E-state index contributed by atoms with van der Waals surface area (Å²) in [5.74, 6) is 0.510. The normalized spacial score (nSPS) is 17.4. The number of nitrogens with one attached hydrogen (secondary N) is 1. The first-order valence-electron chi connectivity index (χ1n) is 6.70. The molecule has 1 aromatic heterocycles. The molecule has 0 aliphatic carbocycles. The number of nitrogens with two attached hydrogens (primary N) is 1. The van der Waals surface area contributed by atoms with Crippen LogP contribution in [0.2, 0.25) is 0 Å². The molecule has 0 saturated carbocycles. The highest BCUT2D eigenvalue weighted by Crippen LogP contribution is 2.23. The largest absolute Gasteiger partial charge is 0.383 e. The molecule has 2 heterocycles. The summed E-state index contributed by atoms with van der Waals surface area (Å²) in [5.41, 5.74) is 6.77. The van der Waals surface area contributed by atoms with Crippen LogP contribution >= 0.6 is 0 Å². The second kappa shape index (κ2) is 5.22. The molecule has 2 aromatic rings. The van der Waals surface area contributed by atoms with E-state index in [-0.39, 0.29) is 0 Å². The van der Waals surface area contributed by atoms with Crippen molar-refractivity contribution < 1.29 is 9.47 Å². The van der Waals surface area contributed by atoms with Crippen molar-refractivity contribution in [2.24, 2.45) is 0 Å². The third-order valence-corrected chi connectivity index (χ3v) is 3.39. The Morgan fingerprint density at radius 3 is 2.80 bits per heavy atom. The molecule has 1 aliphatic heterocycles. The van der Waals surface area contributed by atoms with Gasteiger partial charge < -0.3 is 20.5 Å². The van der Waals surface area contributed by atoms with Gasteiger partial charge in [-0.15, -0.1) is 0 Å². The van der Waals surface area contributed by atoms with Crippen molar-refractivity contribution in [3.05, 3.63) is 24.3 Å². The molecule has 1 fully saturated rings. The van der Waals surface area contributed by atoms with E-state index in [4.69, 9.17) is 15.2 Å². The first-order valence-corrected chi connectivity index (χ1v) is 6.70. The predicted molar refractivity (Wildman–Crippen MR) is 77.4 cm³/mol. The van der Waals surface area contributed by atoms with Crippen molar-refractivity contribution in [3.8, 4) is 0 Å². The SMILES string of the molecule is CC1(CCNc2nc(N)c3ccccc3n2)OCCO1. The molecule has 0 radical (unpaired) electrons. The summed E-state index contributed by atoms with van der Waals surface area (Å²) in [6.45, 7) is 3.90. The minimum Gasteiger partial charge on any atom is -0.383 e. The molecule has 3 rings (SSSR count). The van der Waals surface area contributed by atoms with Crippen molar-refractivity contribution in [3.63, 3.8) is 0 Å². The zero-order valence-corrected chi connectivity index (χ0v) is 11.4. The molecule has 0 amide bonds. The number of ether oxygens (including phenoxy) is 2. The number of rotatable bonds is 4. The van der Waals surface area contributed by atoms with Crippen LogP contribution in [0.1, 0.15) is 13.3 Å². The fourth-order valence-electron chi connectivity index (χ4n) is 2.28. The molecule has 3 N–H and O–H groups in total. The lowest BCUT2D eigenvalue weighted by atomic mass is 10.2. The summed E-state index contributed by atoms with van der Waals surface area (Å²) < 4.78 is 11.1. The highest BCUT2D eigenvalue weighted by molar-refractivity contribution is 5.88. The highest BCUT2D eigenvalue weighted by Gasteiger charge is 2.30. The Labute approximate surface area is 117 Å². The van der Waals surface area contributed by atoms with Gasteiger partial charge in [-0.2, -0.15) is 4.98 Å². The topological polar surface area (TPSA) is 82.3 Å². The molecule has 0 unspecified atom stereocenters. The maximum absolute atomic E-state index is 5.94. The zero-order valence-electron chi connectivity index (χ0n) is 11.4. The number of nitrogen functional groups attached to an aromatic ring is 1. The van der Waals surface area contributed by atoms with E-state index >= 15 is 0 Å². The van der Waals surface area contributed by atoms with E-state index in [1.165, 1.54) is 0 Å². The summed E-state index contributed by atoms with van der Waals surface area (Å²) in [5, 5.41) is 4.04. The van der Waals surface area contributed by atoms with Gasteiger partial charge in [0.15, 0.2) is 5.79 Å². The monoisotopic (exact) mass is 274 g/mol. The average molecular weight is 274 g/mol. The number of nitrogens with zero attached hydrogens (tertiary/aromatic N) is 2. The molecule has 6 nitrogen and oxygen atoms in total. The van der Waals surface area contributed by atoms with Crippen LogP contribution in [0.3, 0.4) is 0 Å². The Morgan fingerprint density at radius 1 is 1.25 bits per heavy atom. The number of anilines is 2. The zero-order chi connectivity index (χ0) is 14.0. The molecule has 0 spiro atoms. The van der Waals surface area contributed by atoms with E-state index < -0.39 is 5.79 Å². The number of benzene rings is 1. The van der Waals surface area contributed by atoms with Crippen LogP contribution in [-0.4, -0.2) is 35.5 Å². The lowest BCUT2D eigenvalue weighted by Gasteiger charge is -2.22. The van der Waals surface area contributed by atoms with E-state index in [1.54, 1.807) is 0 Å². The second-order valence-corrected chi connectivity index (χ2v) is 4.96. The third-order valence-electron chi connectivity index (χ3n) is 3.39. The standard InChI is InChI=1S/C14H18N4O2/c1-14(19-8-9-20-14)6-7-16-13-17-11-5-3-2-4-10(11)12(15)18-13/h2-5H,6-9H2,1H3,(H3,15,16,17,18). The van der Waals surface area contributed by atoms with Gasteiger partial charge in [-0.1, -0.05) is 12.1 Å². The fraction of sp³-hybridized carbons (Fsp3) is 0.429. The van der Waals surface area contributed by atoms with Crippen LogP contribution < -0.4 is 11.1 Å². The first-order chi connectivity index (χ1) is 9.66. The molecular formula is C14H18N4O2. The lowest BCUT2D eigenvalue weighted by molar-refractivity contribution is -0.144. The maximum Gasteiger partial charge on any atom is 0.225 e. The summed E-state index contributed by atoms with van der Waals surface area (Å²) in [6.07, 6.45) is 0.725. The van der Waals surface area contributed by atoms with Gasteiger partial charge in [-0.25, -0.2) is 4.98 Å². The van der Waals surface area contributed by atoms with Crippen molar-refractivity contribution >= 4 is 22.7 Å². The van der Waals surface area contributed by atoms with E-state index in [9.17, 15) is 0 Å². The molecule has 106 valence electrons. The lowest BCUT2D eigenvalue weighted by Crippen LogP contribution is -2.28. The quantitative estimate of drug-likeness (QED) is 0.884. The molecule has 6 heteroatoms. The van der Waals surface area contributed by atoms with Crippen molar-refractivity contribution in [2.45, 2.75) is 19.1 Å². The minimum atomic E-state index is -0.505. The van der Waals surface area contributed by atoms with E-state index in [2.05, 4.69) is 15.3 Å². The van der Waals surface area contributed by atoms with E-state index in [1.807, 2.05) is 31.2 Å². The van der Waals surface area contributed by atoms with Gasteiger partial charge in [0.05, 0.1) is 18.7 Å². The Hall–Kier alpha value is -1.92. The molecule has 1 saturated heterocycles. The van der Waals surface area contributed by atoms with Gasteiger partial charge in [0, 0.05) is 18.4 Å². The van der Waals surface area contributed by atoms with E-state index in [0.717, 1.165) is 17.3 Å². The van der Waals surface area contributed by atoms with Crippen LogP contribution in [-0.2, 0) is 9.47 Å². The number of aromatic nitrogens is 2. The molecule has 1 aliphatic rings. The molecular weight excluding hydrogens is 256 g/mol. The van der Waals surface area contributed by atoms with Crippen LogP contribution in [0.5, 0.6) is 0 Å². The Kier molecular flexibility index (Phi) is 3.42. The van der Waals surface area contributed by atoms with E-state index in [0.29, 0.717) is 31.5 Å². The van der Waals surface area contributed by atoms with Crippen LogP contribution in [0, 0.1) is 0 Å². The Balaban J connectivity index is 1.68. The first kappa shape index (κ1) is 13.1. The van der Waals surface area contributed by atoms with Crippen molar-refractivity contribution in [2.75, 3.05) is 30.8 Å². The summed E-state index contributed by atoms with van der Waals surface area (Å²) in [7, 11) is 0. The number of hydrogen-bond acceptors (Lipinski definition) is 6. The van der Waals surface area contributed by atoms with Gasteiger partial charge in [0.25, 0.3) is 0 Å². The van der Waals surface area contributed by atoms with Gasteiger partial charge in [-0.3, -0.25) is 0 Å². The molecule has 0 atom stereocenters. The second-order valence-electron chi connectivity index (χ2n) is 4.96. The Morgan fingerprint density at radius 2 is 2.00 bits per heavy atom. The number of hydrogen-bond donors (Lipinski definition) is 2. The van der Waals surface area contributed by atoms with Crippen LogP contribution in [0.15, 0.2) is 24.3 Å². The molecule has 0 bridgehead atoms. The third kappa shape index (κ3) is 2.66.